The molecule has 0 unspecified atom stereocenters. The average Bonchev–Trinajstić information content (AvgIpc) is 2.25. The fourth-order valence-corrected chi connectivity index (χ4v) is 2.14. The SMILES string of the molecule is O=C(O)CCCCCSc1ccc(Cl)cn1. The average molecular weight is 260 g/mol. The molecule has 1 N–H and O–H groups in total. The second kappa shape index (κ2) is 7.52. The van der Waals surface area contributed by atoms with E-state index in [-0.39, 0.29) is 6.42 Å². The maximum absolute atomic E-state index is 10.3. The monoisotopic (exact) mass is 259 g/mol. The lowest BCUT2D eigenvalue weighted by atomic mass is 10.2. The summed E-state index contributed by atoms with van der Waals surface area (Å²) in [7, 11) is 0. The van der Waals surface area contributed by atoms with Crippen molar-refractivity contribution in [2.75, 3.05) is 5.75 Å². The van der Waals surface area contributed by atoms with Gasteiger partial charge in [-0.3, -0.25) is 4.79 Å². The minimum Gasteiger partial charge on any atom is -0.481 e. The molecule has 1 rings (SSSR count). The summed E-state index contributed by atoms with van der Waals surface area (Å²) in [5, 5.41) is 10.1. The topological polar surface area (TPSA) is 50.2 Å². The standard InChI is InChI=1S/C11H14ClNO2S/c12-9-5-6-10(13-8-9)16-7-3-1-2-4-11(14)15/h5-6,8H,1-4,7H2,(H,14,15). The molecule has 0 amide bonds. The summed E-state index contributed by atoms with van der Waals surface area (Å²) in [6.45, 7) is 0. The predicted molar refractivity (Wildman–Crippen MR) is 66.1 cm³/mol. The van der Waals surface area contributed by atoms with E-state index in [4.69, 9.17) is 16.7 Å². The highest BCUT2D eigenvalue weighted by atomic mass is 35.5. The van der Waals surface area contributed by atoms with E-state index in [0.29, 0.717) is 5.02 Å². The Morgan fingerprint density at radius 2 is 2.19 bits per heavy atom. The van der Waals surface area contributed by atoms with Crippen LogP contribution < -0.4 is 0 Å². The lowest BCUT2D eigenvalue weighted by Gasteiger charge is -2.00. The van der Waals surface area contributed by atoms with Crippen molar-refractivity contribution in [1.29, 1.82) is 0 Å². The molecule has 0 aromatic carbocycles. The Kier molecular flexibility index (Phi) is 6.26. The van der Waals surface area contributed by atoms with Gasteiger partial charge in [-0.25, -0.2) is 4.98 Å². The Labute approximate surface area is 104 Å². The Morgan fingerprint density at radius 1 is 1.38 bits per heavy atom. The molecule has 88 valence electrons. The summed E-state index contributed by atoms with van der Waals surface area (Å²) in [6, 6.07) is 3.71. The highest BCUT2D eigenvalue weighted by Gasteiger charge is 1.98. The number of nitrogens with zero attached hydrogens (tertiary/aromatic N) is 1. The first-order valence-corrected chi connectivity index (χ1v) is 6.51. The first-order chi connectivity index (χ1) is 7.68. The molecule has 1 heterocycles. The molecule has 0 aliphatic rings. The number of carboxylic acid groups (broad SMARTS) is 1. The molecule has 0 atom stereocenters. The number of hydrogen-bond donors (Lipinski definition) is 1. The molecule has 0 bridgehead atoms. The van der Waals surface area contributed by atoms with Crippen LogP contribution in [0.2, 0.25) is 5.02 Å². The summed E-state index contributed by atoms with van der Waals surface area (Å²) < 4.78 is 0. The van der Waals surface area contributed by atoms with Crippen molar-refractivity contribution in [3.05, 3.63) is 23.4 Å². The van der Waals surface area contributed by atoms with E-state index in [9.17, 15) is 4.79 Å². The molecule has 0 aliphatic carbocycles. The normalized spacial score (nSPS) is 10.3. The number of hydrogen-bond acceptors (Lipinski definition) is 3. The third-order valence-electron chi connectivity index (χ3n) is 1.99. The third-order valence-corrected chi connectivity index (χ3v) is 3.24. The zero-order valence-corrected chi connectivity index (χ0v) is 10.4. The Balaban J connectivity index is 2.07. The minimum atomic E-state index is -0.716. The van der Waals surface area contributed by atoms with Crippen molar-refractivity contribution >= 4 is 29.3 Å². The molecule has 0 radical (unpaired) electrons. The first kappa shape index (κ1) is 13.3. The van der Waals surface area contributed by atoms with Crippen molar-refractivity contribution in [1.82, 2.24) is 4.98 Å². The zero-order valence-electron chi connectivity index (χ0n) is 8.86. The van der Waals surface area contributed by atoms with Crippen LogP contribution in [-0.2, 0) is 4.79 Å². The first-order valence-electron chi connectivity index (χ1n) is 5.14. The Hall–Kier alpha value is -0.740. The number of aliphatic carboxylic acids is 1. The molecule has 16 heavy (non-hydrogen) atoms. The molecule has 1 aromatic heterocycles. The quantitative estimate of drug-likeness (QED) is 0.602. The Bertz CT molecular complexity index is 329. The number of aromatic nitrogens is 1. The summed E-state index contributed by atoms with van der Waals surface area (Å²) in [5.41, 5.74) is 0. The molecule has 0 spiro atoms. The van der Waals surface area contributed by atoms with E-state index in [1.54, 1.807) is 18.0 Å². The second-order valence-electron chi connectivity index (χ2n) is 3.37. The summed E-state index contributed by atoms with van der Waals surface area (Å²) in [5.74, 6) is 0.251. The van der Waals surface area contributed by atoms with Gasteiger partial charge in [0.15, 0.2) is 0 Å². The highest BCUT2D eigenvalue weighted by molar-refractivity contribution is 7.99. The van der Waals surface area contributed by atoms with Crippen molar-refractivity contribution < 1.29 is 9.90 Å². The fourth-order valence-electron chi connectivity index (χ4n) is 1.18. The van der Waals surface area contributed by atoms with Gasteiger partial charge in [0.2, 0.25) is 0 Å². The van der Waals surface area contributed by atoms with Crippen LogP contribution in [0.4, 0.5) is 0 Å². The molecule has 0 saturated heterocycles. The zero-order chi connectivity index (χ0) is 11.8. The van der Waals surface area contributed by atoms with Crippen LogP contribution in [0.15, 0.2) is 23.4 Å². The van der Waals surface area contributed by atoms with Crippen molar-refractivity contribution in [3.63, 3.8) is 0 Å². The van der Waals surface area contributed by atoms with E-state index in [1.165, 1.54) is 0 Å². The Morgan fingerprint density at radius 3 is 2.81 bits per heavy atom. The van der Waals surface area contributed by atoms with Crippen LogP contribution in [0.1, 0.15) is 25.7 Å². The van der Waals surface area contributed by atoms with Crippen molar-refractivity contribution in [3.8, 4) is 0 Å². The molecule has 3 nitrogen and oxygen atoms in total. The number of pyridine rings is 1. The second-order valence-corrected chi connectivity index (χ2v) is 4.92. The van der Waals surface area contributed by atoms with Gasteiger partial charge < -0.3 is 5.11 Å². The van der Waals surface area contributed by atoms with Crippen molar-refractivity contribution in [2.24, 2.45) is 0 Å². The molecule has 5 heteroatoms. The number of rotatable bonds is 7. The van der Waals surface area contributed by atoms with Gasteiger partial charge >= 0.3 is 5.97 Å². The predicted octanol–water partition coefficient (Wildman–Crippen LogP) is 3.47. The van der Waals surface area contributed by atoms with Gasteiger partial charge in [0.1, 0.15) is 0 Å². The molecule has 0 fully saturated rings. The molecule has 0 aliphatic heterocycles. The van der Waals surface area contributed by atoms with Crippen LogP contribution in [-0.4, -0.2) is 21.8 Å². The third kappa shape index (κ3) is 5.98. The largest absolute Gasteiger partial charge is 0.481 e. The van der Waals surface area contributed by atoms with E-state index in [1.807, 2.05) is 12.1 Å². The molecular formula is C11H14ClNO2S. The van der Waals surface area contributed by atoms with Gasteiger partial charge in [-0.15, -0.1) is 11.8 Å². The van der Waals surface area contributed by atoms with Crippen LogP contribution in [0.25, 0.3) is 0 Å². The number of carbonyl (C=O) groups is 1. The van der Waals surface area contributed by atoms with Crippen LogP contribution in [0, 0.1) is 0 Å². The maximum atomic E-state index is 10.3. The smallest absolute Gasteiger partial charge is 0.303 e. The number of unbranched alkanes of at least 4 members (excludes halogenated alkanes) is 2. The molecule has 0 saturated carbocycles. The van der Waals surface area contributed by atoms with E-state index in [2.05, 4.69) is 4.98 Å². The fraction of sp³-hybridized carbons (Fsp3) is 0.455. The van der Waals surface area contributed by atoms with E-state index >= 15 is 0 Å². The number of carboxylic acids is 1. The summed E-state index contributed by atoms with van der Waals surface area (Å²) in [4.78, 5) is 14.4. The van der Waals surface area contributed by atoms with Crippen LogP contribution in [0.3, 0.4) is 0 Å². The van der Waals surface area contributed by atoms with E-state index < -0.39 is 5.97 Å². The lowest BCUT2D eigenvalue weighted by Crippen LogP contribution is -1.93. The number of thioether (sulfide) groups is 1. The summed E-state index contributed by atoms with van der Waals surface area (Å²) >= 11 is 7.39. The van der Waals surface area contributed by atoms with Gasteiger partial charge in [-0.1, -0.05) is 18.0 Å². The molecular weight excluding hydrogens is 246 g/mol. The lowest BCUT2D eigenvalue weighted by molar-refractivity contribution is -0.137. The van der Waals surface area contributed by atoms with Gasteiger partial charge in [0, 0.05) is 12.6 Å². The van der Waals surface area contributed by atoms with Crippen LogP contribution in [0.5, 0.6) is 0 Å². The van der Waals surface area contributed by atoms with Gasteiger partial charge in [0.25, 0.3) is 0 Å². The van der Waals surface area contributed by atoms with Crippen molar-refractivity contribution in [2.45, 2.75) is 30.7 Å². The minimum absolute atomic E-state index is 0.268. The van der Waals surface area contributed by atoms with Gasteiger partial charge in [0.05, 0.1) is 10.0 Å². The summed E-state index contributed by atoms with van der Waals surface area (Å²) in [6.07, 6.45) is 4.62. The van der Waals surface area contributed by atoms with E-state index in [0.717, 1.165) is 30.0 Å². The van der Waals surface area contributed by atoms with Gasteiger partial charge in [-0.05, 0) is 30.7 Å². The van der Waals surface area contributed by atoms with Crippen LogP contribution >= 0.6 is 23.4 Å². The molecule has 1 aromatic rings. The highest BCUT2D eigenvalue weighted by Crippen LogP contribution is 2.18. The van der Waals surface area contributed by atoms with Gasteiger partial charge in [-0.2, -0.15) is 0 Å². The maximum Gasteiger partial charge on any atom is 0.303 e. The number of halogens is 1.